The molecule has 15 heavy (non-hydrogen) atoms. The predicted octanol–water partition coefficient (Wildman–Crippen LogP) is 1.55. The first kappa shape index (κ1) is 11.4. The van der Waals surface area contributed by atoms with Crippen LogP contribution >= 0.6 is 0 Å². The van der Waals surface area contributed by atoms with Crippen molar-refractivity contribution in [3.8, 4) is 0 Å². The Balaban J connectivity index is 2.54. The Morgan fingerprint density at radius 3 is 2.80 bits per heavy atom. The monoisotopic (exact) mass is 208 g/mol. The molecule has 1 aromatic carbocycles. The van der Waals surface area contributed by atoms with E-state index in [0.29, 0.717) is 12.3 Å². The number of hydrogen-bond donors (Lipinski definition) is 2. The van der Waals surface area contributed by atoms with Gasteiger partial charge in [0.05, 0.1) is 6.61 Å². The largest absolute Gasteiger partial charge is 0.465 e. The van der Waals surface area contributed by atoms with E-state index in [0.717, 1.165) is 11.3 Å². The molecule has 1 aromatic rings. The van der Waals surface area contributed by atoms with E-state index in [4.69, 9.17) is 10.5 Å². The number of aryl methyl sites for hydroxylation is 1. The second kappa shape index (κ2) is 5.24. The number of hydrogen-bond acceptors (Lipinski definition) is 4. The molecule has 0 aliphatic heterocycles. The van der Waals surface area contributed by atoms with Gasteiger partial charge in [-0.25, -0.2) is 0 Å². The van der Waals surface area contributed by atoms with Crippen molar-refractivity contribution >= 4 is 17.3 Å². The van der Waals surface area contributed by atoms with Gasteiger partial charge >= 0.3 is 5.97 Å². The molecule has 82 valence electrons. The normalized spacial score (nSPS) is 9.73. The molecule has 0 heterocycles. The van der Waals surface area contributed by atoms with Crippen molar-refractivity contribution in [2.75, 3.05) is 24.2 Å². The number of nitrogens with two attached hydrogens (primary N) is 1. The van der Waals surface area contributed by atoms with E-state index in [9.17, 15) is 4.79 Å². The molecule has 0 saturated heterocycles. The van der Waals surface area contributed by atoms with Crippen molar-refractivity contribution in [2.24, 2.45) is 0 Å². The van der Waals surface area contributed by atoms with Crippen molar-refractivity contribution < 1.29 is 9.53 Å². The summed E-state index contributed by atoms with van der Waals surface area (Å²) in [5, 5.41) is 2.96. The van der Waals surface area contributed by atoms with E-state index in [1.54, 1.807) is 13.0 Å². The van der Waals surface area contributed by atoms with Gasteiger partial charge in [0.25, 0.3) is 0 Å². The Kier molecular flexibility index (Phi) is 3.97. The number of nitrogens with one attached hydrogen (secondary N) is 1. The lowest BCUT2D eigenvalue weighted by atomic mass is 10.2. The number of anilines is 2. The summed E-state index contributed by atoms with van der Waals surface area (Å²) in [5.41, 5.74) is 8.24. The zero-order valence-electron chi connectivity index (χ0n) is 9.04. The molecule has 0 fully saturated rings. The molecular formula is C11H16N2O2. The number of benzene rings is 1. The maximum absolute atomic E-state index is 11.1. The zero-order chi connectivity index (χ0) is 11.3. The molecule has 0 radical (unpaired) electrons. The highest BCUT2D eigenvalue weighted by Gasteiger charge is 2.01. The minimum atomic E-state index is -0.266. The molecule has 4 nitrogen and oxygen atoms in total. The summed E-state index contributed by atoms with van der Waals surface area (Å²) < 4.78 is 4.79. The van der Waals surface area contributed by atoms with Gasteiger partial charge in [-0.15, -0.1) is 0 Å². The van der Waals surface area contributed by atoms with Crippen LogP contribution in [-0.4, -0.2) is 19.1 Å². The Labute approximate surface area is 89.4 Å². The van der Waals surface area contributed by atoms with Crippen LogP contribution in [0.5, 0.6) is 0 Å². The number of nitrogen functional groups attached to an aromatic ring is 1. The van der Waals surface area contributed by atoms with Gasteiger partial charge in [-0.05, 0) is 37.6 Å². The third-order valence-electron chi connectivity index (χ3n) is 1.84. The highest BCUT2D eigenvalue weighted by atomic mass is 16.5. The molecule has 3 N–H and O–H groups in total. The molecule has 0 aliphatic carbocycles. The molecule has 0 bridgehead atoms. The molecule has 0 aliphatic rings. The van der Waals surface area contributed by atoms with Crippen LogP contribution in [0.2, 0.25) is 0 Å². The van der Waals surface area contributed by atoms with E-state index >= 15 is 0 Å². The van der Waals surface area contributed by atoms with Crippen LogP contribution in [0.15, 0.2) is 18.2 Å². The van der Waals surface area contributed by atoms with Crippen molar-refractivity contribution in [1.82, 2.24) is 0 Å². The summed E-state index contributed by atoms with van der Waals surface area (Å²) in [7, 11) is 0. The fourth-order valence-corrected chi connectivity index (χ4v) is 1.30. The molecule has 0 spiro atoms. The van der Waals surface area contributed by atoms with Crippen LogP contribution in [0.25, 0.3) is 0 Å². The Morgan fingerprint density at radius 2 is 2.20 bits per heavy atom. The highest BCUT2D eigenvalue weighted by Crippen LogP contribution is 2.15. The van der Waals surface area contributed by atoms with Crippen molar-refractivity contribution in [3.63, 3.8) is 0 Å². The Morgan fingerprint density at radius 1 is 1.47 bits per heavy atom. The molecule has 0 saturated carbocycles. The van der Waals surface area contributed by atoms with Gasteiger partial charge in [-0.3, -0.25) is 4.79 Å². The summed E-state index contributed by atoms with van der Waals surface area (Å²) in [6.07, 6.45) is 0. The lowest BCUT2D eigenvalue weighted by Gasteiger charge is -2.07. The molecule has 0 aromatic heterocycles. The number of carbonyl (C=O) groups is 1. The summed E-state index contributed by atoms with van der Waals surface area (Å²) in [6, 6.07) is 5.58. The first-order valence-electron chi connectivity index (χ1n) is 4.88. The van der Waals surface area contributed by atoms with E-state index in [2.05, 4.69) is 5.32 Å². The third-order valence-corrected chi connectivity index (χ3v) is 1.84. The molecule has 0 unspecified atom stereocenters. The summed E-state index contributed by atoms with van der Waals surface area (Å²) in [4.78, 5) is 11.1. The quantitative estimate of drug-likeness (QED) is 0.582. The molecular weight excluding hydrogens is 192 g/mol. The maximum atomic E-state index is 11.1. The summed E-state index contributed by atoms with van der Waals surface area (Å²) in [5.74, 6) is -0.266. The maximum Gasteiger partial charge on any atom is 0.325 e. The first-order valence-corrected chi connectivity index (χ1v) is 4.88. The molecule has 0 amide bonds. The minimum absolute atomic E-state index is 0.163. The van der Waals surface area contributed by atoms with Crippen LogP contribution in [0.4, 0.5) is 11.4 Å². The molecule has 1 rings (SSSR count). The zero-order valence-corrected chi connectivity index (χ0v) is 9.04. The van der Waals surface area contributed by atoms with Gasteiger partial charge < -0.3 is 15.8 Å². The Hall–Kier alpha value is -1.71. The lowest BCUT2D eigenvalue weighted by Crippen LogP contribution is -2.16. The number of rotatable bonds is 4. The van der Waals surface area contributed by atoms with Gasteiger partial charge in [-0.1, -0.05) is 0 Å². The van der Waals surface area contributed by atoms with Crippen LogP contribution in [0, 0.1) is 6.92 Å². The number of esters is 1. The van der Waals surface area contributed by atoms with Gasteiger partial charge in [0.1, 0.15) is 6.54 Å². The van der Waals surface area contributed by atoms with Gasteiger partial charge in [0, 0.05) is 11.4 Å². The molecule has 0 atom stereocenters. The smallest absolute Gasteiger partial charge is 0.325 e. The van der Waals surface area contributed by atoms with Gasteiger partial charge in [-0.2, -0.15) is 0 Å². The van der Waals surface area contributed by atoms with E-state index in [1.165, 1.54) is 0 Å². The Bertz CT molecular complexity index is 330. The summed E-state index contributed by atoms with van der Waals surface area (Å²) >= 11 is 0. The topological polar surface area (TPSA) is 64.3 Å². The average Bonchev–Trinajstić information content (AvgIpc) is 2.14. The second-order valence-electron chi connectivity index (χ2n) is 3.29. The van der Waals surface area contributed by atoms with Crippen LogP contribution < -0.4 is 11.1 Å². The van der Waals surface area contributed by atoms with E-state index < -0.39 is 0 Å². The minimum Gasteiger partial charge on any atom is -0.465 e. The van der Waals surface area contributed by atoms with Crippen molar-refractivity contribution in [3.05, 3.63) is 23.8 Å². The van der Waals surface area contributed by atoms with Crippen LogP contribution in [0.1, 0.15) is 12.5 Å². The van der Waals surface area contributed by atoms with Crippen LogP contribution in [-0.2, 0) is 9.53 Å². The van der Waals surface area contributed by atoms with Crippen molar-refractivity contribution in [1.29, 1.82) is 0 Å². The standard InChI is InChI=1S/C11H16N2O2/c1-3-15-11(14)7-13-10-5-8(2)4-9(12)6-10/h4-6,13H,3,7,12H2,1-2H3. The predicted molar refractivity (Wildman–Crippen MR) is 60.7 cm³/mol. The van der Waals surface area contributed by atoms with E-state index in [1.807, 2.05) is 19.1 Å². The number of carbonyl (C=O) groups excluding carboxylic acids is 1. The van der Waals surface area contributed by atoms with Crippen LogP contribution in [0.3, 0.4) is 0 Å². The highest BCUT2D eigenvalue weighted by molar-refractivity contribution is 5.75. The fraction of sp³-hybridized carbons (Fsp3) is 0.364. The average molecular weight is 208 g/mol. The SMILES string of the molecule is CCOC(=O)CNc1cc(C)cc(N)c1. The van der Waals surface area contributed by atoms with Gasteiger partial charge in [0.2, 0.25) is 0 Å². The lowest BCUT2D eigenvalue weighted by molar-refractivity contribution is -0.140. The summed E-state index contributed by atoms with van der Waals surface area (Å²) in [6.45, 7) is 4.29. The van der Waals surface area contributed by atoms with Gasteiger partial charge in [0.15, 0.2) is 0 Å². The fourth-order valence-electron chi connectivity index (χ4n) is 1.30. The van der Waals surface area contributed by atoms with E-state index in [-0.39, 0.29) is 12.5 Å². The first-order chi connectivity index (χ1) is 7.11. The van der Waals surface area contributed by atoms with Crippen molar-refractivity contribution in [2.45, 2.75) is 13.8 Å². The number of ether oxygens (including phenoxy) is 1. The second-order valence-corrected chi connectivity index (χ2v) is 3.29. The third kappa shape index (κ3) is 3.89. The molecule has 4 heteroatoms.